The van der Waals surface area contributed by atoms with Gasteiger partial charge in [-0.15, -0.1) is 11.3 Å². The van der Waals surface area contributed by atoms with E-state index < -0.39 is 12.6 Å². The van der Waals surface area contributed by atoms with Gasteiger partial charge in [-0.1, -0.05) is 6.92 Å². The van der Waals surface area contributed by atoms with Crippen LogP contribution in [-0.2, 0) is 11.2 Å². The first-order valence-corrected chi connectivity index (χ1v) is 9.91. The Morgan fingerprint density at radius 3 is 2.74 bits per heavy atom. The summed E-state index contributed by atoms with van der Waals surface area (Å²) in [6.45, 7) is 4.53. The molecule has 144 valence electrons. The zero-order valence-corrected chi connectivity index (χ0v) is 16.3. The fourth-order valence-electron chi connectivity index (χ4n) is 3.41. The molecule has 0 saturated carbocycles. The van der Waals surface area contributed by atoms with Crippen molar-refractivity contribution in [2.75, 3.05) is 19.8 Å². The molecule has 7 heteroatoms. The summed E-state index contributed by atoms with van der Waals surface area (Å²) >= 11 is 1.75. The lowest BCUT2D eigenvalue weighted by molar-refractivity contribution is -0.139. The van der Waals surface area contributed by atoms with Crippen LogP contribution in [0.4, 0.5) is 0 Å². The number of amides is 1. The molecule has 0 fully saturated rings. The number of carbonyl (C=O) groups excluding carboxylic acids is 1. The Morgan fingerprint density at radius 1 is 1.22 bits per heavy atom. The van der Waals surface area contributed by atoms with Crippen molar-refractivity contribution in [2.45, 2.75) is 32.7 Å². The molecule has 1 aliphatic rings. The molecular weight excluding hydrogens is 366 g/mol. The Labute approximate surface area is 162 Å². The van der Waals surface area contributed by atoms with Crippen LogP contribution in [0.2, 0.25) is 0 Å². The molecule has 3 rings (SSSR count). The minimum atomic E-state index is -1.07. The molecule has 1 amide bonds. The maximum absolute atomic E-state index is 13.2. The van der Waals surface area contributed by atoms with Gasteiger partial charge in [0.05, 0.1) is 12.6 Å². The maximum atomic E-state index is 13.2. The molecule has 2 heterocycles. The quantitative estimate of drug-likeness (QED) is 0.780. The summed E-state index contributed by atoms with van der Waals surface area (Å²) in [5.74, 6) is -0.416. The van der Waals surface area contributed by atoms with Crippen molar-refractivity contribution >= 4 is 23.2 Å². The number of aliphatic carboxylic acids is 1. The van der Waals surface area contributed by atoms with E-state index in [9.17, 15) is 9.59 Å². The van der Waals surface area contributed by atoms with E-state index in [4.69, 9.17) is 14.6 Å². The van der Waals surface area contributed by atoms with E-state index in [1.54, 1.807) is 29.5 Å². The monoisotopic (exact) mass is 389 g/mol. The first-order valence-electron chi connectivity index (χ1n) is 9.03. The second kappa shape index (κ2) is 8.43. The van der Waals surface area contributed by atoms with Gasteiger partial charge in [0, 0.05) is 17.0 Å². The summed E-state index contributed by atoms with van der Waals surface area (Å²) < 4.78 is 10.8. The molecule has 0 spiro atoms. The first kappa shape index (κ1) is 19.2. The molecule has 1 aliphatic heterocycles. The lowest BCUT2D eigenvalue weighted by Gasteiger charge is -2.35. The fourth-order valence-corrected chi connectivity index (χ4v) is 4.34. The minimum Gasteiger partial charge on any atom is -0.490 e. The van der Waals surface area contributed by atoms with Crippen LogP contribution in [0, 0.1) is 0 Å². The first-order chi connectivity index (χ1) is 13.0. The van der Waals surface area contributed by atoms with Gasteiger partial charge in [-0.05, 0) is 55.0 Å². The smallest absolute Gasteiger partial charge is 0.341 e. The molecule has 6 nitrogen and oxygen atoms in total. The second-order valence-corrected chi connectivity index (χ2v) is 7.25. The molecule has 0 saturated heterocycles. The molecule has 1 aromatic carbocycles. The highest BCUT2D eigenvalue weighted by Crippen LogP contribution is 2.37. The average molecular weight is 389 g/mol. The number of thiophene rings is 1. The molecular formula is C20H23NO5S. The number of carboxylic acid groups (broad SMARTS) is 1. The SMILES string of the molecule is CCOc1cc(C(=O)N2CCc3sccc3C2CC)ccc1OCC(=O)O. The zero-order chi connectivity index (χ0) is 19.4. The second-order valence-electron chi connectivity index (χ2n) is 6.25. The van der Waals surface area contributed by atoms with Gasteiger partial charge in [0.25, 0.3) is 5.91 Å². The van der Waals surface area contributed by atoms with Crippen LogP contribution in [0.15, 0.2) is 29.6 Å². The number of benzene rings is 1. The Kier molecular flexibility index (Phi) is 6.01. The van der Waals surface area contributed by atoms with E-state index in [1.165, 1.54) is 10.4 Å². The normalized spacial score (nSPS) is 15.9. The van der Waals surface area contributed by atoms with Crippen molar-refractivity contribution in [3.05, 3.63) is 45.6 Å². The molecule has 1 aromatic heterocycles. The highest BCUT2D eigenvalue weighted by molar-refractivity contribution is 7.10. The number of carboxylic acids is 1. The van der Waals surface area contributed by atoms with Gasteiger partial charge >= 0.3 is 5.97 Å². The van der Waals surface area contributed by atoms with E-state index in [0.717, 1.165) is 12.8 Å². The summed E-state index contributed by atoms with van der Waals surface area (Å²) in [4.78, 5) is 27.2. The van der Waals surface area contributed by atoms with Crippen LogP contribution in [0.5, 0.6) is 11.5 Å². The lowest BCUT2D eigenvalue weighted by Crippen LogP contribution is -2.39. The number of fused-ring (bicyclic) bond motifs is 1. The molecule has 1 N–H and O–H groups in total. The van der Waals surface area contributed by atoms with Crippen LogP contribution in [0.1, 0.15) is 47.1 Å². The molecule has 0 radical (unpaired) electrons. The van der Waals surface area contributed by atoms with Gasteiger partial charge in [-0.25, -0.2) is 4.79 Å². The Morgan fingerprint density at radius 2 is 2.04 bits per heavy atom. The third-order valence-electron chi connectivity index (χ3n) is 4.58. The standard InChI is InChI=1S/C20H23NO5S/c1-3-15-14-8-10-27-18(14)7-9-21(15)20(24)13-5-6-16(26-12-19(22)23)17(11-13)25-4-2/h5-6,8,10-11,15H,3-4,7,9,12H2,1-2H3,(H,22,23). The molecule has 27 heavy (non-hydrogen) atoms. The number of carbonyl (C=O) groups is 2. The van der Waals surface area contributed by atoms with E-state index in [2.05, 4.69) is 18.4 Å². The average Bonchev–Trinajstić information content (AvgIpc) is 3.14. The van der Waals surface area contributed by atoms with Gasteiger partial charge in [0.15, 0.2) is 18.1 Å². The van der Waals surface area contributed by atoms with Crippen LogP contribution in [0.3, 0.4) is 0 Å². The largest absolute Gasteiger partial charge is 0.490 e. The van der Waals surface area contributed by atoms with Gasteiger partial charge in [-0.3, -0.25) is 4.79 Å². The third-order valence-corrected chi connectivity index (χ3v) is 5.58. The topological polar surface area (TPSA) is 76.1 Å². The molecule has 0 bridgehead atoms. The Bertz CT molecular complexity index is 832. The van der Waals surface area contributed by atoms with Crippen molar-refractivity contribution in [3.8, 4) is 11.5 Å². The van der Waals surface area contributed by atoms with Gasteiger partial charge < -0.3 is 19.5 Å². The van der Waals surface area contributed by atoms with Gasteiger partial charge in [-0.2, -0.15) is 0 Å². The number of rotatable bonds is 7. The highest BCUT2D eigenvalue weighted by atomic mass is 32.1. The summed E-state index contributed by atoms with van der Waals surface area (Å²) in [6.07, 6.45) is 1.72. The predicted molar refractivity (Wildman–Crippen MR) is 103 cm³/mol. The van der Waals surface area contributed by atoms with Crippen molar-refractivity contribution in [3.63, 3.8) is 0 Å². The summed E-state index contributed by atoms with van der Waals surface area (Å²) in [5, 5.41) is 10.9. The molecule has 2 aromatic rings. The number of nitrogens with zero attached hydrogens (tertiary/aromatic N) is 1. The predicted octanol–water partition coefficient (Wildman–Crippen LogP) is 3.76. The van der Waals surface area contributed by atoms with E-state index in [-0.39, 0.29) is 11.9 Å². The van der Waals surface area contributed by atoms with Crippen molar-refractivity contribution in [1.29, 1.82) is 0 Å². The third kappa shape index (κ3) is 4.08. The van der Waals surface area contributed by atoms with Gasteiger partial charge in [0.2, 0.25) is 0 Å². The van der Waals surface area contributed by atoms with Crippen LogP contribution in [-0.4, -0.2) is 41.6 Å². The van der Waals surface area contributed by atoms with E-state index >= 15 is 0 Å². The van der Waals surface area contributed by atoms with Gasteiger partial charge in [0.1, 0.15) is 0 Å². The van der Waals surface area contributed by atoms with E-state index in [1.807, 2.05) is 11.8 Å². The summed E-state index contributed by atoms with van der Waals surface area (Å²) in [6, 6.07) is 7.09. The van der Waals surface area contributed by atoms with E-state index in [0.29, 0.717) is 30.2 Å². The van der Waals surface area contributed by atoms with Crippen molar-refractivity contribution in [1.82, 2.24) is 4.90 Å². The van der Waals surface area contributed by atoms with Crippen molar-refractivity contribution < 1.29 is 24.2 Å². The zero-order valence-electron chi connectivity index (χ0n) is 15.4. The number of ether oxygens (including phenoxy) is 2. The van der Waals surface area contributed by atoms with Crippen LogP contribution < -0.4 is 9.47 Å². The summed E-state index contributed by atoms with van der Waals surface area (Å²) in [7, 11) is 0. The Hall–Kier alpha value is -2.54. The van der Waals surface area contributed by atoms with Crippen molar-refractivity contribution in [2.24, 2.45) is 0 Å². The summed E-state index contributed by atoms with van der Waals surface area (Å²) in [5.41, 5.74) is 1.76. The minimum absolute atomic E-state index is 0.0514. The molecule has 1 atom stereocenters. The maximum Gasteiger partial charge on any atom is 0.341 e. The highest BCUT2D eigenvalue weighted by Gasteiger charge is 2.31. The molecule has 0 aliphatic carbocycles. The Balaban J connectivity index is 1.85. The van der Waals surface area contributed by atoms with Crippen LogP contribution in [0.25, 0.3) is 0 Å². The molecule has 1 unspecified atom stereocenters. The number of hydrogen-bond donors (Lipinski definition) is 1. The van der Waals surface area contributed by atoms with Crippen LogP contribution >= 0.6 is 11.3 Å². The lowest BCUT2D eigenvalue weighted by atomic mass is 9.97. The number of hydrogen-bond acceptors (Lipinski definition) is 5. The fraction of sp³-hybridized carbons (Fsp3) is 0.400.